The van der Waals surface area contributed by atoms with Gasteiger partial charge in [-0.25, -0.2) is 4.79 Å². The monoisotopic (exact) mass is 283 g/mol. The van der Waals surface area contributed by atoms with E-state index in [0.29, 0.717) is 6.04 Å². The van der Waals surface area contributed by atoms with Gasteiger partial charge in [-0.1, -0.05) is 12.8 Å². The minimum atomic E-state index is -0.379. The second-order valence-electron chi connectivity index (χ2n) is 6.56. The molecular weight excluding hydrogens is 254 g/mol. The van der Waals surface area contributed by atoms with Crippen molar-refractivity contribution in [2.45, 2.75) is 75.6 Å². The third-order valence-corrected chi connectivity index (χ3v) is 4.76. The molecule has 0 aromatic carbocycles. The number of aliphatic hydroxyl groups is 1. The van der Waals surface area contributed by atoms with Gasteiger partial charge in [0.15, 0.2) is 0 Å². The van der Waals surface area contributed by atoms with E-state index in [2.05, 4.69) is 29.6 Å². The molecule has 0 aliphatic heterocycles. The van der Waals surface area contributed by atoms with E-state index in [9.17, 15) is 9.90 Å². The Labute approximate surface area is 122 Å². The molecule has 0 aromatic rings. The van der Waals surface area contributed by atoms with E-state index in [-0.39, 0.29) is 24.2 Å². The molecule has 5 nitrogen and oxygen atoms in total. The molecule has 2 fully saturated rings. The zero-order chi connectivity index (χ0) is 14.5. The van der Waals surface area contributed by atoms with E-state index < -0.39 is 0 Å². The summed E-state index contributed by atoms with van der Waals surface area (Å²) in [6.07, 6.45) is 7.93. The first-order chi connectivity index (χ1) is 9.56. The molecule has 116 valence electrons. The lowest BCUT2D eigenvalue weighted by Gasteiger charge is -2.34. The van der Waals surface area contributed by atoms with Crippen LogP contribution in [0.4, 0.5) is 4.79 Å². The Balaban J connectivity index is 1.76. The number of nitrogens with one attached hydrogen (secondary N) is 2. The third-order valence-electron chi connectivity index (χ3n) is 4.76. The highest BCUT2D eigenvalue weighted by Gasteiger charge is 2.27. The van der Waals surface area contributed by atoms with Crippen molar-refractivity contribution in [1.29, 1.82) is 0 Å². The lowest BCUT2D eigenvalue weighted by molar-refractivity contribution is 0.0935. The van der Waals surface area contributed by atoms with E-state index >= 15 is 0 Å². The van der Waals surface area contributed by atoms with Crippen LogP contribution in [0.25, 0.3) is 0 Å². The summed E-state index contributed by atoms with van der Waals surface area (Å²) in [5.41, 5.74) is 0. The highest BCUT2D eigenvalue weighted by molar-refractivity contribution is 5.74. The normalized spacial score (nSPS) is 34.8. The topological polar surface area (TPSA) is 64.6 Å². The molecule has 2 amide bonds. The fraction of sp³-hybridized carbons (Fsp3) is 0.933. The Bertz CT molecular complexity index is 322. The summed E-state index contributed by atoms with van der Waals surface area (Å²) in [7, 11) is 4.21. The molecule has 0 aromatic heterocycles. The van der Waals surface area contributed by atoms with Crippen LogP contribution in [-0.2, 0) is 0 Å². The van der Waals surface area contributed by atoms with Crippen molar-refractivity contribution in [1.82, 2.24) is 15.5 Å². The summed E-state index contributed by atoms with van der Waals surface area (Å²) in [6, 6.07) is 0.642. The summed E-state index contributed by atoms with van der Waals surface area (Å²) < 4.78 is 0. The highest BCUT2D eigenvalue weighted by Crippen LogP contribution is 2.22. The van der Waals surface area contributed by atoms with E-state index in [0.717, 1.165) is 38.5 Å². The van der Waals surface area contributed by atoms with Crippen molar-refractivity contribution in [3.05, 3.63) is 0 Å². The number of hydrogen-bond acceptors (Lipinski definition) is 3. The maximum absolute atomic E-state index is 12.1. The predicted molar refractivity (Wildman–Crippen MR) is 79.7 cm³/mol. The third kappa shape index (κ3) is 4.35. The summed E-state index contributed by atoms with van der Waals surface area (Å²) in [5, 5.41) is 15.9. The van der Waals surface area contributed by atoms with Crippen LogP contribution < -0.4 is 10.6 Å². The summed E-state index contributed by atoms with van der Waals surface area (Å²) in [5.74, 6) is 0. The molecule has 0 saturated heterocycles. The van der Waals surface area contributed by atoms with Gasteiger partial charge in [0.1, 0.15) is 0 Å². The number of aliphatic hydroxyl groups excluding tert-OH is 1. The van der Waals surface area contributed by atoms with Crippen LogP contribution in [0, 0.1) is 0 Å². The highest BCUT2D eigenvalue weighted by atomic mass is 16.3. The Hall–Kier alpha value is -0.810. The van der Waals surface area contributed by atoms with Gasteiger partial charge < -0.3 is 20.6 Å². The molecule has 2 saturated carbocycles. The Morgan fingerprint density at radius 1 is 1.05 bits per heavy atom. The minimum absolute atomic E-state index is 0.0722. The van der Waals surface area contributed by atoms with Crippen molar-refractivity contribution >= 4 is 6.03 Å². The summed E-state index contributed by atoms with van der Waals surface area (Å²) >= 11 is 0. The Kier molecular flexibility index (Phi) is 5.66. The van der Waals surface area contributed by atoms with Crippen molar-refractivity contribution in [3.8, 4) is 0 Å². The SMILES string of the molecule is CN(C)C1CCCC(NC(=O)NC2CCCCC2O)C1. The van der Waals surface area contributed by atoms with Crippen molar-refractivity contribution in [3.63, 3.8) is 0 Å². The lowest BCUT2D eigenvalue weighted by Crippen LogP contribution is -2.52. The van der Waals surface area contributed by atoms with Gasteiger partial charge in [-0.3, -0.25) is 0 Å². The first kappa shape index (κ1) is 15.6. The van der Waals surface area contributed by atoms with Crippen molar-refractivity contribution < 1.29 is 9.90 Å². The zero-order valence-electron chi connectivity index (χ0n) is 12.8. The number of urea groups is 1. The quantitative estimate of drug-likeness (QED) is 0.735. The smallest absolute Gasteiger partial charge is 0.315 e. The number of nitrogens with zero attached hydrogens (tertiary/aromatic N) is 1. The number of amides is 2. The predicted octanol–water partition coefficient (Wildman–Crippen LogP) is 1.46. The fourth-order valence-corrected chi connectivity index (χ4v) is 3.44. The molecule has 5 heteroatoms. The molecule has 2 aliphatic rings. The van der Waals surface area contributed by atoms with Crippen LogP contribution in [0.1, 0.15) is 51.4 Å². The molecule has 4 unspecified atom stereocenters. The van der Waals surface area contributed by atoms with Crippen LogP contribution in [0.15, 0.2) is 0 Å². The number of rotatable bonds is 3. The summed E-state index contributed by atoms with van der Waals surface area (Å²) in [4.78, 5) is 14.3. The van der Waals surface area contributed by atoms with Crippen LogP contribution in [0.2, 0.25) is 0 Å². The van der Waals surface area contributed by atoms with Gasteiger partial charge in [-0.15, -0.1) is 0 Å². The molecule has 4 atom stereocenters. The first-order valence-electron chi connectivity index (χ1n) is 7.98. The number of hydrogen-bond donors (Lipinski definition) is 3. The lowest BCUT2D eigenvalue weighted by atomic mass is 9.90. The van der Waals surface area contributed by atoms with E-state index in [1.165, 1.54) is 12.8 Å². The molecule has 0 spiro atoms. The van der Waals surface area contributed by atoms with Crippen LogP contribution in [-0.4, -0.2) is 54.4 Å². The molecule has 20 heavy (non-hydrogen) atoms. The van der Waals surface area contributed by atoms with Crippen LogP contribution in [0.3, 0.4) is 0 Å². The largest absolute Gasteiger partial charge is 0.391 e. The zero-order valence-corrected chi connectivity index (χ0v) is 12.8. The van der Waals surface area contributed by atoms with Gasteiger partial charge in [-0.05, 0) is 52.6 Å². The molecule has 2 rings (SSSR count). The van der Waals surface area contributed by atoms with E-state index in [1.807, 2.05) is 0 Å². The second kappa shape index (κ2) is 7.27. The Morgan fingerprint density at radius 2 is 1.80 bits per heavy atom. The maximum Gasteiger partial charge on any atom is 0.315 e. The first-order valence-corrected chi connectivity index (χ1v) is 7.98. The van der Waals surface area contributed by atoms with Gasteiger partial charge in [-0.2, -0.15) is 0 Å². The average Bonchev–Trinajstić information content (AvgIpc) is 2.41. The number of carbonyl (C=O) groups excluding carboxylic acids is 1. The minimum Gasteiger partial charge on any atom is -0.391 e. The standard InChI is InChI=1S/C15H29N3O2/c1-18(2)12-7-5-6-11(10-12)16-15(20)17-13-8-3-4-9-14(13)19/h11-14,19H,3-10H2,1-2H3,(H2,16,17,20). The van der Waals surface area contributed by atoms with Gasteiger partial charge in [0.25, 0.3) is 0 Å². The van der Waals surface area contributed by atoms with Crippen LogP contribution >= 0.6 is 0 Å². The molecule has 0 radical (unpaired) electrons. The van der Waals surface area contributed by atoms with E-state index in [4.69, 9.17) is 0 Å². The van der Waals surface area contributed by atoms with Gasteiger partial charge in [0.2, 0.25) is 0 Å². The van der Waals surface area contributed by atoms with Crippen molar-refractivity contribution in [2.75, 3.05) is 14.1 Å². The number of carbonyl (C=O) groups is 1. The maximum atomic E-state index is 12.1. The fourth-order valence-electron chi connectivity index (χ4n) is 3.44. The molecular formula is C15H29N3O2. The molecule has 0 bridgehead atoms. The molecule has 3 N–H and O–H groups in total. The average molecular weight is 283 g/mol. The summed E-state index contributed by atoms with van der Waals surface area (Å²) in [6.45, 7) is 0. The van der Waals surface area contributed by atoms with Crippen LogP contribution in [0.5, 0.6) is 0 Å². The van der Waals surface area contributed by atoms with Gasteiger partial charge in [0, 0.05) is 12.1 Å². The molecule has 2 aliphatic carbocycles. The van der Waals surface area contributed by atoms with E-state index in [1.54, 1.807) is 0 Å². The van der Waals surface area contributed by atoms with Gasteiger partial charge >= 0.3 is 6.03 Å². The molecule has 0 heterocycles. The van der Waals surface area contributed by atoms with Gasteiger partial charge in [0.05, 0.1) is 12.1 Å². The second-order valence-corrected chi connectivity index (χ2v) is 6.56. The van der Waals surface area contributed by atoms with Crippen molar-refractivity contribution in [2.24, 2.45) is 0 Å². The Morgan fingerprint density at radius 3 is 2.50 bits per heavy atom.